The third-order valence-corrected chi connectivity index (χ3v) is 2.45. The summed E-state index contributed by atoms with van der Waals surface area (Å²) in [6.45, 7) is 6.11. The van der Waals surface area contributed by atoms with Crippen LogP contribution in [0.4, 0.5) is 0 Å². The van der Waals surface area contributed by atoms with Crippen molar-refractivity contribution in [2.75, 3.05) is 20.1 Å². The summed E-state index contributed by atoms with van der Waals surface area (Å²) in [5.41, 5.74) is 0.966. The number of thiocarbonyl (C=S) groups is 1. The van der Waals surface area contributed by atoms with Crippen LogP contribution < -0.4 is 16.0 Å². The Bertz CT molecular complexity index is 351. The number of hydrogen-bond acceptors (Lipinski definition) is 4. The van der Waals surface area contributed by atoms with Crippen LogP contribution in [0.25, 0.3) is 0 Å². The summed E-state index contributed by atoms with van der Waals surface area (Å²) in [4.78, 5) is 4.27. The number of hydrogen-bond donors (Lipinski definition) is 3. The van der Waals surface area contributed by atoms with Gasteiger partial charge in [0.05, 0.1) is 5.69 Å². The molecule has 0 saturated carbocycles. The van der Waals surface area contributed by atoms with Crippen LogP contribution in [0.1, 0.15) is 17.3 Å². The minimum atomic E-state index is 0.662. The molecule has 0 amide bonds. The normalized spacial score (nSPS) is 10.2. The molecule has 1 aromatic rings. The van der Waals surface area contributed by atoms with Gasteiger partial charge in [-0.25, -0.2) is 4.98 Å². The highest BCUT2D eigenvalue weighted by atomic mass is 32.1. The van der Waals surface area contributed by atoms with E-state index in [1.54, 1.807) is 7.05 Å². The number of nitrogens with one attached hydrogen (secondary N) is 3. The summed E-state index contributed by atoms with van der Waals surface area (Å²) in [7, 11) is 1.80. The summed E-state index contributed by atoms with van der Waals surface area (Å²) in [6, 6.07) is 0. The Hall–Kier alpha value is -1.14. The second-order valence-electron chi connectivity index (χ2n) is 3.42. The third kappa shape index (κ3) is 4.16. The molecule has 0 aliphatic carbocycles. The highest BCUT2D eigenvalue weighted by molar-refractivity contribution is 7.80. The van der Waals surface area contributed by atoms with Gasteiger partial charge >= 0.3 is 0 Å². The molecule has 0 aromatic carbocycles. The fraction of sp³-hybridized carbons (Fsp3) is 0.600. The van der Waals surface area contributed by atoms with E-state index in [2.05, 4.69) is 20.9 Å². The highest BCUT2D eigenvalue weighted by Gasteiger charge is 2.04. The van der Waals surface area contributed by atoms with Gasteiger partial charge in [-0.05, 0) is 19.1 Å². The predicted molar refractivity (Wildman–Crippen MR) is 67.3 cm³/mol. The van der Waals surface area contributed by atoms with Gasteiger partial charge in [0.15, 0.2) is 11.0 Å². The van der Waals surface area contributed by atoms with Crippen molar-refractivity contribution in [2.24, 2.45) is 0 Å². The molecule has 0 radical (unpaired) electrons. The van der Waals surface area contributed by atoms with Crippen molar-refractivity contribution in [3.8, 4) is 0 Å². The zero-order valence-corrected chi connectivity index (χ0v) is 10.7. The van der Waals surface area contributed by atoms with Crippen molar-refractivity contribution in [2.45, 2.75) is 20.4 Å². The van der Waals surface area contributed by atoms with Gasteiger partial charge in [0, 0.05) is 33.6 Å². The maximum absolute atomic E-state index is 5.33. The molecule has 6 heteroatoms. The summed E-state index contributed by atoms with van der Waals surface area (Å²) >= 11 is 4.95. The topological polar surface area (TPSA) is 62.1 Å². The van der Waals surface area contributed by atoms with E-state index in [-0.39, 0.29) is 0 Å². The average Bonchev–Trinajstić information content (AvgIpc) is 2.56. The summed E-state index contributed by atoms with van der Waals surface area (Å²) in [6.07, 6.45) is 0. The molecule has 1 aromatic heterocycles. The lowest BCUT2D eigenvalue weighted by atomic mass is 10.3. The van der Waals surface area contributed by atoms with Crippen molar-refractivity contribution in [3.63, 3.8) is 0 Å². The maximum Gasteiger partial charge on any atom is 0.191 e. The second-order valence-corrected chi connectivity index (χ2v) is 3.83. The lowest BCUT2D eigenvalue weighted by molar-refractivity contribution is 0.491. The Balaban J connectivity index is 2.16. The Morgan fingerprint density at radius 1 is 1.38 bits per heavy atom. The number of oxazole rings is 1. The van der Waals surface area contributed by atoms with Crippen LogP contribution in [-0.4, -0.2) is 30.2 Å². The lowest BCUT2D eigenvalue weighted by Gasteiger charge is -2.07. The molecule has 1 rings (SSSR count). The molecule has 1 heterocycles. The van der Waals surface area contributed by atoms with Crippen LogP contribution in [-0.2, 0) is 6.54 Å². The zero-order valence-electron chi connectivity index (χ0n) is 9.89. The molecule has 0 saturated heterocycles. The quantitative estimate of drug-likeness (QED) is 0.515. The molecule has 0 aliphatic rings. The van der Waals surface area contributed by atoms with Crippen LogP contribution in [0.15, 0.2) is 4.42 Å². The van der Waals surface area contributed by atoms with E-state index in [1.165, 1.54) is 0 Å². The van der Waals surface area contributed by atoms with Gasteiger partial charge in [-0.2, -0.15) is 0 Å². The fourth-order valence-electron chi connectivity index (χ4n) is 1.30. The molecule has 0 unspecified atom stereocenters. The standard InChI is InChI=1S/C10H18N4OS/c1-7-9(14-8(2)15-7)6-12-4-5-13-10(16)11-3/h12H,4-6H2,1-3H3,(H2,11,13,16). The number of aryl methyl sites for hydroxylation is 2. The molecule has 90 valence electrons. The van der Waals surface area contributed by atoms with Gasteiger partial charge in [-0.1, -0.05) is 0 Å². The van der Waals surface area contributed by atoms with Crippen LogP contribution in [0, 0.1) is 13.8 Å². The van der Waals surface area contributed by atoms with Crippen LogP contribution in [0.2, 0.25) is 0 Å². The van der Waals surface area contributed by atoms with Crippen molar-refractivity contribution < 1.29 is 4.42 Å². The summed E-state index contributed by atoms with van der Waals surface area (Å²) in [5.74, 6) is 1.59. The van der Waals surface area contributed by atoms with E-state index in [0.29, 0.717) is 11.0 Å². The van der Waals surface area contributed by atoms with Gasteiger partial charge in [0.25, 0.3) is 0 Å². The van der Waals surface area contributed by atoms with E-state index >= 15 is 0 Å². The van der Waals surface area contributed by atoms with Crippen LogP contribution >= 0.6 is 12.2 Å². The number of nitrogens with zero attached hydrogens (tertiary/aromatic N) is 1. The minimum Gasteiger partial charge on any atom is -0.446 e. The first-order chi connectivity index (χ1) is 7.63. The first-order valence-electron chi connectivity index (χ1n) is 5.22. The van der Waals surface area contributed by atoms with E-state index in [0.717, 1.165) is 31.1 Å². The van der Waals surface area contributed by atoms with E-state index in [9.17, 15) is 0 Å². The predicted octanol–water partition coefficient (Wildman–Crippen LogP) is 0.475. The van der Waals surface area contributed by atoms with Gasteiger partial charge in [-0.15, -0.1) is 0 Å². The second kappa shape index (κ2) is 6.44. The van der Waals surface area contributed by atoms with E-state index in [1.807, 2.05) is 13.8 Å². The number of rotatable bonds is 5. The Morgan fingerprint density at radius 3 is 2.69 bits per heavy atom. The monoisotopic (exact) mass is 242 g/mol. The first-order valence-corrected chi connectivity index (χ1v) is 5.63. The van der Waals surface area contributed by atoms with Gasteiger partial charge in [0.1, 0.15) is 5.76 Å². The number of aromatic nitrogens is 1. The Kier molecular flexibility index (Phi) is 5.21. The first kappa shape index (κ1) is 12.9. The van der Waals surface area contributed by atoms with Crippen molar-refractivity contribution in [3.05, 3.63) is 17.3 Å². The fourth-order valence-corrected chi connectivity index (χ4v) is 1.40. The third-order valence-electron chi connectivity index (χ3n) is 2.11. The molecule has 0 bridgehead atoms. The van der Waals surface area contributed by atoms with E-state index < -0.39 is 0 Å². The van der Waals surface area contributed by atoms with Gasteiger partial charge in [0.2, 0.25) is 0 Å². The summed E-state index contributed by atoms with van der Waals surface area (Å²) < 4.78 is 5.33. The largest absolute Gasteiger partial charge is 0.446 e. The van der Waals surface area contributed by atoms with Crippen LogP contribution in [0.3, 0.4) is 0 Å². The van der Waals surface area contributed by atoms with Crippen molar-refractivity contribution >= 4 is 17.3 Å². The van der Waals surface area contributed by atoms with Crippen LogP contribution in [0.5, 0.6) is 0 Å². The van der Waals surface area contributed by atoms with Gasteiger partial charge < -0.3 is 20.4 Å². The molecule has 0 atom stereocenters. The smallest absolute Gasteiger partial charge is 0.191 e. The van der Waals surface area contributed by atoms with Gasteiger partial charge in [-0.3, -0.25) is 0 Å². The average molecular weight is 242 g/mol. The Morgan fingerprint density at radius 2 is 2.12 bits per heavy atom. The molecule has 0 fully saturated rings. The molecule has 3 N–H and O–H groups in total. The maximum atomic E-state index is 5.33. The summed E-state index contributed by atoms with van der Waals surface area (Å²) in [5, 5.41) is 9.83. The Labute approximate surface area is 101 Å². The highest BCUT2D eigenvalue weighted by Crippen LogP contribution is 2.07. The zero-order chi connectivity index (χ0) is 12.0. The van der Waals surface area contributed by atoms with Crippen molar-refractivity contribution in [1.29, 1.82) is 0 Å². The molecular formula is C10H18N4OS. The molecule has 0 spiro atoms. The SMILES string of the molecule is CNC(=S)NCCNCc1nc(C)oc1C. The lowest BCUT2D eigenvalue weighted by Crippen LogP contribution is -2.37. The minimum absolute atomic E-state index is 0.662. The molecule has 0 aliphatic heterocycles. The molecular weight excluding hydrogens is 224 g/mol. The molecule has 5 nitrogen and oxygen atoms in total. The molecule has 16 heavy (non-hydrogen) atoms. The van der Waals surface area contributed by atoms with E-state index in [4.69, 9.17) is 16.6 Å². The van der Waals surface area contributed by atoms with Crippen molar-refractivity contribution in [1.82, 2.24) is 20.9 Å².